The molecule has 2 N–H and O–H groups in total. The van der Waals surface area contributed by atoms with Gasteiger partial charge in [0, 0.05) is 29.4 Å². The van der Waals surface area contributed by atoms with E-state index < -0.39 is 9.05 Å². The Labute approximate surface area is 128 Å². The third-order valence-corrected chi connectivity index (χ3v) is 3.77. The third kappa shape index (κ3) is 5.58. The Bertz CT molecular complexity index is 615. The number of ether oxygens (including phenoxy) is 1. The predicted octanol–water partition coefficient (Wildman–Crippen LogP) is 1.88. The number of amides is 1. The van der Waals surface area contributed by atoms with Gasteiger partial charge in [-0.25, -0.2) is 0 Å². The Morgan fingerprint density at radius 3 is 2.81 bits per heavy atom. The highest BCUT2D eigenvalue weighted by Gasteiger charge is 2.14. The summed E-state index contributed by atoms with van der Waals surface area (Å²) >= 11 is 4.20. The van der Waals surface area contributed by atoms with E-state index in [1.807, 2.05) is 18.2 Å². The SMILES string of the molecule is O=C1CCc2ccc(OCCCCOS(=O)(O)=S)cc2N1. The molecule has 1 unspecified atom stereocenters. The quantitative estimate of drug-likeness (QED) is 0.742. The van der Waals surface area contributed by atoms with Crippen LogP contribution >= 0.6 is 0 Å². The maximum absolute atomic E-state index is 11.3. The van der Waals surface area contributed by atoms with E-state index in [-0.39, 0.29) is 12.5 Å². The number of benzene rings is 1. The molecular formula is C13H17NO5S2. The summed E-state index contributed by atoms with van der Waals surface area (Å²) in [5, 5.41) is 2.82. The molecule has 0 spiro atoms. The summed E-state index contributed by atoms with van der Waals surface area (Å²) in [7, 11) is -3.53. The summed E-state index contributed by atoms with van der Waals surface area (Å²) in [4.78, 5) is 11.3. The van der Waals surface area contributed by atoms with Crippen LogP contribution in [0.15, 0.2) is 18.2 Å². The predicted molar refractivity (Wildman–Crippen MR) is 82.2 cm³/mol. The molecule has 1 aromatic carbocycles. The molecule has 0 aromatic heterocycles. The van der Waals surface area contributed by atoms with E-state index in [0.29, 0.717) is 31.6 Å². The molecular weight excluding hydrogens is 314 g/mol. The maximum atomic E-state index is 11.3. The number of carbonyl (C=O) groups is 1. The number of fused-ring (bicyclic) bond motifs is 1. The molecule has 0 radical (unpaired) electrons. The van der Waals surface area contributed by atoms with Gasteiger partial charge in [0.1, 0.15) is 5.75 Å². The molecule has 116 valence electrons. The van der Waals surface area contributed by atoms with Gasteiger partial charge in [-0.05, 0) is 30.9 Å². The smallest absolute Gasteiger partial charge is 0.266 e. The van der Waals surface area contributed by atoms with Crippen LogP contribution in [0.25, 0.3) is 0 Å². The number of anilines is 1. The van der Waals surface area contributed by atoms with Gasteiger partial charge in [0.15, 0.2) is 0 Å². The minimum atomic E-state index is -3.53. The molecule has 1 aliphatic rings. The molecule has 0 aliphatic carbocycles. The molecule has 2 rings (SSSR count). The van der Waals surface area contributed by atoms with E-state index in [2.05, 4.69) is 20.7 Å². The second kappa shape index (κ2) is 7.17. The number of unbranched alkanes of at least 4 members (excludes halogenated alkanes) is 1. The van der Waals surface area contributed by atoms with E-state index in [1.165, 1.54) is 0 Å². The summed E-state index contributed by atoms with van der Waals surface area (Å²) in [6.07, 6.45) is 2.52. The fourth-order valence-electron chi connectivity index (χ4n) is 2.00. The van der Waals surface area contributed by atoms with E-state index in [4.69, 9.17) is 9.29 Å². The van der Waals surface area contributed by atoms with Crippen LogP contribution in [-0.4, -0.2) is 27.9 Å². The highest BCUT2D eigenvalue weighted by Crippen LogP contribution is 2.27. The zero-order valence-electron chi connectivity index (χ0n) is 11.4. The van der Waals surface area contributed by atoms with Gasteiger partial charge in [-0.1, -0.05) is 6.07 Å². The number of aryl methyl sites for hydroxylation is 1. The van der Waals surface area contributed by atoms with E-state index >= 15 is 0 Å². The van der Waals surface area contributed by atoms with Crippen LogP contribution < -0.4 is 10.1 Å². The van der Waals surface area contributed by atoms with Crippen LogP contribution in [0.5, 0.6) is 5.75 Å². The van der Waals surface area contributed by atoms with Crippen LogP contribution in [0.1, 0.15) is 24.8 Å². The molecule has 21 heavy (non-hydrogen) atoms. The summed E-state index contributed by atoms with van der Waals surface area (Å²) < 4.78 is 29.6. The molecule has 1 heterocycles. The average Bonchev–Trinajstić information content (AvgIpc) is 2.41. The molecule has 6 nitrogen and oxygen atoms in total. The van der Waals surface area contributed by atoms with Crippen LogP contribution in [0.4, 0.5) is 5.69 Å². The normalized spacial score (nSPS) is 16.7. The topological polar surface area (TPSA) is 84.9 Å². The van der Waals surface area contributed by atoms with Crippen molar-refractivity contribution in [3.05, 3.63) is 23.8 Å². The van der Waals surface area contributed by atoms with Gasteiger partial charge in [0.05, 0.1) is 13.2 Å². The third-order valence-electron chi connectivity index (χ3n) is 3.02. The monoisotopic (exact) mass is 331 g/mol. The van der Waals surface area contributed by atoms with Crippen molar-refractivity contribution in [2.45, 2.75) is 25.7 Å². The Kier molecular flexibility index (Phi) is 5.51. The second-order valence-corrected chi connectivity index (χ2v) is 7.03. The van der Waals surface area contributed by atoms with Gasteiger partial charge in [-0.3, -0.25) is 13.5 Å². The maximum Gasteiger partial charge on any atom is 0.266 e. The van der Waals surface area contributed by atoms with Crippen LogP contribution in [-0.2, 0) is 35.6 Å². The molecule has 1 aromatic rings. The molecule has 0 fully saturated rings. The molecule has 1 amide bonds. The number of carbonyl (C=O) groups excluding carboxylic acids is 1. The van der Waals surface area contributed by atoms with Crippen molar-refractivity contribution in [3.63, 3.8) is 0 Å². The first kappa shape index (κ1) is 16.2. The summed E-state index contributed by atoms with van der Waals surface area (Å²) in [5.41, 5.74) is 1.91. The largest absolute Gasteiger partial charge is 0.494 e. The minimum absolute atomic E-state index is 0.0216. The van der Waals surface area contributed by atoms with Gasteiger partial charge in [-0.2, -0.15) is 4.21 Å². The Balaban J connectivity index is 1.74. The van der Waals surface area contributed by atoms with Gasteiger partial charge in [-0.15, -0.1) is 0 Å². The van der Waals surface area contributed by atoms with Crippen LogP contribution in [0.2, 0.25) is 0 Å². The molecule has 0 bridgehead atoms. The lowest BCUT2D eigenvalue weighted by Gasteiger charge is -2.17. The first-order valence-electron chi connectivity index (χ1n) is 6.61. The highest BCUT2D eigenvalue weighted by molar-refractivity contribution is 8.27. The Hall–Kier alpha value is -1.22. The highest BCUT2D eigenvalue weighted by atomic mass is 32.9. The summed E-state index contributed by atoms with van der Waals surface area (Å²) in [6.45, 7) is 0.586. The fourth-order valence-corrected chi connectivity index (χ4v) is 2.53. The molecule has 8 heteroatoms. The molecule has 1 aliphatic heterocycles. The summed E-state index contributed by atoms with van der Waals surface area (Å²) in [5.74, 6) is 0.708. The van der Waals surface area contributed by atoms with Gasteiger partial charge in [0.25, 0.3) is 9.05 Å². The van der Waals surface area contributed by atoms with E-state index in [9.17, 15) is 9.00 Å². The first-order valence-corrected chi connectivity index (χ1v) is 8.98. The average molecular weight is 331 g/mol. The Morgan fingerprint density at radius 2 is 2.05 bits per heavy atom. The van der Waals surface area contributed by atoms with Gasteiger partial charge in [0.2, 0.25) is 5.91 Å². The van der Waals surface area contributed by atoms with E-state index in [1.54, 1.807) is 0 Å². The van der Waals surface area contributed by atoms with Crippen molar-refractivity contribution in [3.8, 4) is 5.75 Å². The number of nitrogens with one attached hydrogen (secondary N) is 1. The zero-order chi connectivity index (χ0) is 15.3. The number of hydrogen-bond donors (Lipinski definition) is 2. The zero-order valence-corrected chi connectivity index (χ0v) is 13.0. The number of hydrogen-bond acceptors (Lipinski definition) is 5. The molecule has 1 atom stereocenters. The van der Waals surface area contributed by atoms with E-state index in [0.717, 1.165) is 17.7 Å². The van der Waals surface area contributed by atoms with Crippen LogP contribution in [0.3, 0.4) is 0 Å². The lowest BCUT2D eigenvalue weighted by molar-refractivity contribution is -0.116. The minimum Gasteiger partial charge on any atom is -0.494 e. The van der Waals surface area contributed by atoms with Crippen LogP contribution in [0, 0.1) is 0 Å². The number of rotatable bonds is 7. The van der Waals surface area contributed by atoms with Crippen molar-refractivity contribution >= 4 is 31.8 Å². The molecule has 0 saturated heterocycles. The summed E-state index contributed by atoms with van der Waals surface area (Å²) in [6, 6.07) is 5.63. The lowest BCUT2D eigenvalue weighted by atomic mass is 10.0. The van der Waals surface area contributed by atoms with Crippen molar-refractivity contribution in [2.75, 3.05) is 18.5 Å². The van der Waals surface area contributed by atoms with Crippen molar-refractivity contribution in [1.29, 1.82) is 0 Å². The Morgan fingerprint density at radius 1 is 1.29 bits per heavy atom. The second-order valence-electron chi connectivity index (χ2n) is 4.67. The first-order chi connectivity index (χ1) is 9.94. The fraction of sp³-hybridized carbons (Fsp3) is 0.462. The lowest BCUT2D eigenvalue weighted by Crippen LogP contribution is -2.18. The van der Waals surface area contributed by atoms with Gasteiger partial charge < -0.3 is 10.1 Å². The van der Waals surface area contributed by atoms with Crippen molar-refractivity contribution < 1.29 is 22.5 Å². The van der Waals surface area contributed by atoms with Gasteiger partial charge >= 0.3 is 0 Å². The van der Waals surface area contributed by atoms with Crippen molar-refractivity contribution in [2.24, 2.45) is 0 Å². The standard InChI is InChI=1S/C13H17NO5S2/c15-13-6-4-10-3-5-11(9-12(10)14-13)18-7-1-2-8-19-21(16,17)20/h3,5,9H,1-2,4,6-8H2,(H,14,15)(H,16,17,20). The van der Waals surface area contributed by atoms with Crippen molar-refractivity contribution in [1.82, 2.24) is 0 Å². The molecule has 0 saturated carbocycles.